The molecule has 1 amide bonds. The standard InChI is InChI=1S/C30H26N8O2S/c1-37-12-10-31-26(37)17-38-11-9-21-25(16-38)41-27(33-21)14-24(39)20-7-4-8-22-28(20)35-30(34-22)36-29(40)23-13-18-5-2-3-6-19(18)15-32-23/h2-8,10,12-13,15H,9,11,14,16-17H2,1H3,(H2,34,35,36,40). The number of fused-ring (bicyclic) bond motifs is 3. The lowest BCUT2D eigenvalue weighted by atomic mass is 10.1. The number of amides is 1. The highest BCUT2D eigenvalue weighted by Crippen LogP contribution is 2.28. The summed E-state index contributed by atoms with van der Waals surface area (Å²) in [7, 11) is 2.01. The zero-order valence-corrected chi connectivity index (χ0v) is 23.1. The molecule has 7 rings (SSSR count). The van der Waals surface area contributed by atoms with Crippen LogP contribution in [0.2, 0.25) is 0 Å². The number of aromatic amines is 1. The van der Waals surface area contributed by atoms with Gasteiger partial charge in [0.2, 0.25) is 5.95 Å². The van der Waals surface area contributed by atoms with Gasteiger partial charge in [0.1, 0.15) is 22.0 Å². The fraction of sp³-hybridized carbons (Fsp3) is 0.200. The number of ketones is 1. The summed E-state index contributed by atoms with van der Waals surface area (Å²) in [6.45, 7) is 2.50. The first-order valence-electron chi connectivity index (χ1n) is 13.3. The first-order chi connectivity index (χ1) is 20.0. The minimum Gasteiger partial charge on any atom is -0.337 e. The number of aromatic nitrogens is 6. The number of rotatable bonds is 7. The monoisotopic (exact) mass is 562 g/mol. The summed E-state index contributed by atoms with van der Waals surface area (Å²) in [4.78, 5) is 51.1. The molecule has 204 valence electrons. The molecule has 6 aromatic rings. The molecule has 0 aliphatic carbocycles. The number of hydrogen-bond donors (Lipinski definition) is 2. The predicted molar refractivity (Wildman–Crippen MR) is 157 cm³/mol. The van der Waals surface area contributed by atoms with Crippen molar-refractivity contribution in [2.24, 2.45) is 7.05 Å². The van der Waals surface area contributed by atoms with Crippen LogP contribution in [0.5, 0.6) is 0 Å². The van der Waals surface area contributed by atoms with E-state index in [1.165, 1.54) is 4.88 Å². The first-order valence-corrected chi connectivity index (χ1v) is 14.2. The van der Waals surface area contributed by atoms with Gasteiger partial charge in [0, 0.05) is 61.0 Å². The van der Waals surface area contributed by atoms with E-state index in [-0.39, 0.29) is 29.8 Å². The number of pyridine rings is 1. The van der Waals surface area contributed by atoms with E-state index < -0.39 is 0 Å². The van der Waals surface area contributed by atoms with Crippen LogP contribution in [-0.4, -0.2) is 52.6 Å². The van der Waals surface area contributed by atoms with Gasteiger partial charge in [0.15, 0.2) is 5.78 Å². The van der Waals surface area contributed by atoms with Crippen LogP contribution in [0.3, 0.4) is 0 Å². The van der Waals surface area contributed by atoms with Crippen LogP contribution < -0.4 is 5.32 Å². The molecule has 1 aliphatic rings. The Balaban J connectivity index is 1.06. The summed E-state index contributed by atoms with van der Waals surface area (Å²) < 4.78 is 2.04. The number of hydrogen-bond acceptors (Lipinski definition) is 8. The van der Waals surface area contributed by atoms with Gasteiger partial charge in [0.05, 0.1) is 24.2 Å². The molecule has 0 saturated heterocycles. The molecule has 0 spiro atoms. The number of nitrogens with one attached hydrogen (secondary N) is 2. The van der Waals surface area contributed by atoms with E-state index in [0.717, 1.165) is 53.4 Å². The van der Waals surface area contributed by atoms with Crippen LogP contribution in [-0.2, 0) is 33.0 Å². The number of carbonyl (C=O) groups is 2. The lowest BCUT2D eigenvalue weighted by molar-refractivity contribution is 0.0992. The molecule has 0 bridgehead atoms. The Bertz CT molecular complexity index is 1940. The molecular weight excluding hydrogens is 536 g/mol. The first kappa shape index (κ1) is 25.2. The average Bonchev–Trinajstić information content (AvgIpc) is 3.70. The van der Waals surface area contributed by atoms with E-state index in [4.69, 9.17) is 4.98 Å². The molecule has 5 heterocycles. The van der Waals surface area contributed by atoms with Crippen molar-refractivity contribution in [3.05, 3.63) is 99.8 Å². The van der Waals surface area contributed by atoms with Crippen molar-refractivity contribution in [1.82, 2.24) is 34.4 Å². The van der Waals surface area contributed by atoms with Gasteiger partial charge in [-0.25, -0.2) is 15.0 Å². The largest absolute Gasteiger partial charge is 0.337 e. The minimum atomic E-state index is -0.381. The van der Waals surface area contributed by atoms with E-state index in [0.29, 0.717) is 16.6 Å². The van der Waals surface area contributed by atoms with E-state index in [2.05, 4.69) is 30.2 Å². The van der Waals surface area contributed by atoms with Crippen LogP contribution in [0.25, 0.3) is 21.8 Å². The van der Waals surface area contributed by atoms with Crippen molar-refractivity contribution in [2.75, 3.05) is 11.9 Å². The fourth-order valence-corrected chi connectivity index (χ4v) is 6.35. The smallest absolute Gasteiger partial charge is 0.276 e. The molecule has 10 nitrogen and oxygen atoms in total. The van der Waals surface area contributed by atoms with E-state index in [1.807, 2.05) is 60.4 Å². The molecule has 4 aromatic heterocycles. The average molecular weight is 563 g/mol. The molecule has 0 fully saturated rings. The van der Waals surface area contributed by atoms with Crippen molar-refractivity contribution >= 4 is 50.8 Å². The van der Waals surface area contributed by atoms with Gasteiger partial charge >= 0.3 is 0 Å². The molecule has 11 heteroatoms. The Labute approximate surface area is 239 Å². The molecule has 0 radical (unpaired) electrons. The molecular formula is C30H26N8O2S. The summed E-state index contributed by atoms with van der Waals surface area (Å²) in [6.07, 6.45) is 6.51. The number of H-pyrrole nitrogens is 1. The molecule has 2 aromatic carbocycles. The summed E-state index contributed by atoms with van der Waals surface area (Å²) >= 11 is 1.60. The zero-order chi connectivity index (χ0) is 27.9. The van der Waals surface area contributed by atoms with Crippen molar-refractivity contribution in [3.8, 4) is 0 Å². The molecule has 2 N–H and O–H groups in total. The van der Waals surface area contributed by atoms with E-state index >= 15 is 0 Å². The third kappa shape index (κ3) is 5.01. The van der Waals surface area contributed by atoms with Crippen molar-refractivity contribution < 1.29 is 9.59 Å². The van der Waals surface area contributed by atoms with Crippen LogP contribution in [0, 0.1) is 0 Å². The third-order valence-corrected chi connectivity index (χ3v) is 8.44. The second-order valence-electron chi connectivity index (χ2n) is 10.2. The summed E-state index contributed by atoms with van der Waals surface area (Å²) in [5.41, 5.74) is 3.04. The summed E-state index contributed by atoms with van der Waals surface area (Å²) in [5, 5.41) is 5.47. The predicted octanol–water partition coefficient (Wildman–Crippen LogP) is 4.54. The highest BCUT2D eigenvalue weighted by atomic mass is 32.1. The highest BCUT2D eigenvalue weighted by molar-refractivity contribution is 7.11. The SMILES string of the molecule is Cn1ccnc1CN1CCc2nc(CC(=O)c3cccc4[nH]c(NC(=O)c5cc6ccccc6cn5)nc34)sc2C1. The van der Waals surface area contributed by atoms with Crippen molar-refractivity contribution in [1.29, 1.82) is 0 Å². The second-order valence-corrected chi connectivity index (χ2v) is 11.3. The number of para-hydroxylation sites is 1. The quantitative estimate of drug-likeness (QED) is 0.274. The number of Topliss-reactive ketones (excluding diaryl/α,β-unsaturated/α-hetero) is 1. The lowest BCUT2D eigenvalue weighted by Gasteiger charge is -2.25. The number of thiazole rings is 1. The molecule has 1 aliphatic heterocycles. The van der Waals surface area contributed by atoms with Crippen molar-refractivity contribution in [2.45, 2.75) is 25.9 Å². The maximum atomic E-state index is 13.4. The molecule has 0 saturated carbocycles. The Morgan fingerprint density at radius 3 is 2.80 bits per heavy atom. The van der Waals surface area contributed by atoms with Crippen LogP contribution in [0.1, 0.15) is 42.2 Å². The van der Waals surface area contributed by atoms with Crippen LogP contribution in [0.4, 0.5) is 5.95 Å². The maximum absolute atomic E-state index is 13.4. The number of anilines is 1. The van der Waals surface area contributed by atoms with Gasteiger partial charge in [0.25, 0.3) is 5.91 Å². The lowest BCUT2D eigenvalue weighted by Crippen LogP contribution is -2.30. The second kappa shape index (κ2) is 10.3. The fourth-order valence-electron chi connectivity index (χ4n) is 5.19. The Hall–Kier alpha value is -4.74. The summed E-state index contributed by atoms with van der Waals surface area (Å²) in [5.74, 6) is 0.849. The number of benzene rings is 2. The van der Waals surface area contributed by atoms with Gasteiger partial charge in [-0.05, 0) is 23.6 Å². The number of aryl methyl sites for hydroxylation is 1. The normalized spacial score (nSPS) is 13.5. The van der Waals surface area contributed by atoms with E-state index in [9.17, 15) is 9.59 Å². The van der Waals surface area contributed by atoms with Gasteiger partial charge in [-0.15, -0.1) is 11.3 Å². The Kier molecular flexibility index (Phi) is 6.37. The highest BCUT2D eigenvalue weighted by Gasteiger charge is 2.24. The number of carbonyl (C=O) groups excluding carboxylic acids is 2. The molecule has 0 atom stereocenters. The van der Waals surface area contributed by atoms with Crippen LogP contribution >= 0.6 is 11.3 Å². The third-order valence-electron chi connectivity index (χ3n) is 7.36. The number of nitrogens with zero attached hydrogens (tertiary/aromatic N) is 6. The molecule has 0 unspecified atom stereocenters. The van der Waals surface area contributed by atoms with Gasteiger partial charge in [-0.1, -0.05) is 30.3 Å². The topological polar surface area (TPSA) is 122 Å². The van der Waals surface area contributed by atoms with Gasteiger partial charge in [-0.3, -0.25) is 24.8 Å². The zero-order valence-electron chi connectivity index (χ0n) is 22.3. The Morgan fingerprint density at radius 2 is 1.95 bits per heavy atom. The minimum absolute atomic E-state index is 0.0628. The van der Waals surface area contributed by atoms with E-state index in [1.54, 1.807) is 29.7 Å². The maximum Gasteiger partial charge on any atom is 0.276 e. The van der Waals surface area contributed by atoms with Crippen LogP contribution in [0.15, 0.2) is 67.1 Å². The van der Waals surface area contributed by atoms with Gasteiger partial charge in [-0.2, -0.15) is 0 Å². The van der Waals surface area contributed by atoms with Crippen molar-refractivity contribution in [3.63, 3.8) is 0 Å². The number of imidazole rings is 2. The van der Waals surface area contributed by atoms with Gasteiger partial charge < -0.3 is 9.55 Å². The molecule has 41 heavy (non-hydrogen) atoms. The Morgan fingerprint density at radius 1 is 1.07 bits per heavy atom. The summed E-state index contributed by atoms with van der Waals surface area (Å²) in [6, 6.07) is 14.9.